The third-order valence-corrected chi connectivity index (χ3v) is 5.57. The van der Waals surface area contributed by atoms with Crippen LogP contribution in [0.25, 0.3) is 0 Å². The lowest BCUT2D eigenvalue weighted by atomic mass is 10.0. The fourth-order valence-corrected chi connectivity index (χ4v) is 3.98. The average molecular weight is 427 g/mol. The maximum Gasteiger partial charge on any atom is 0.339 e. The Balaban J connectivity index is 2.40. The Bertz CT molecular complexity index is 782. The number of hydrogen-bond acceptors (Lipinski definition) is 9. The maximum atomic E-state index is 12.7. The minimum absolute atomic E-state index is 0.0406. The van der Waals surface area contributed by atoms with Crippen molar-refractivity contribution in [1.29, 1.82) is 0 Å². The van der Waals surface area contributed by atoms with Crippen LogP contribution in [0, 0.1) is 6.92 Å². The number of esters is 2. The lowest BCUT2D eigenvalue weighted by molar-refractivity contribution is -0.144. The van der Waals surface area contributed by atoms with E-state index in [0.717, 1.165) is 0 Å². The van der Waals surface area contributed by atoms with Crippen molar-refractivity contribution in [2.45, 2.75) is 37.7 Å². The summed E-state index contributed by atoms with van der Waals surface area (Å²) in [4.78, 5) is 36.7. The predicted molar refractivity (Wildman–Crippen MR) is 105 cm³/mol. The fourth-order valence-electron chi connectivity index (χ4n) is 2.91. The molecule has 1 aliphatic heterocycles. The van der Waals surface area contributed by atoms with Gasteiger partial charge in [0.15, 0.2) is 0 Å². The van der Waals surface area contributed by atoms with E-state index in [9.17, 15) is 24.6 Å². The molecule has 0 saturated heterocycles. The zero-order valence-corrected chi connectivity index (χ0v) is 17.3. The van der Waals surface area contributed by atoms with E-state index in [-0.39, 0.29) is 42.3 Å². The van der Waals surface area contributed by atoms with Gasteiger partial charge in [0.25, 0.3) is 0 Å². The summed E-state index contributed by atoms with van der Waals surface area (Å²) >= 11 is 1.24. The van der Waals surface area contributed by atoms with Gasteiger partial charge in [-0.15, -0.1) is 0 Å². The van der Waals surface area contributed by atoms with E-state index in [4.69, 9.17) is 14.2 Å². The van der Waals surface area contributed by atoms with Gasteiger partial charge >= 0.3 is 11.9 Å². The fraction of sp³-hybridized carbons (Fsp3) is 0.526. The van der Waals surface area contributed by atoms with Crippen molar-refractivity contribution in [1.82, 2.24) is 5.32 Å². The molecule has 1 aliphatic rings. The molecule has 2 rings (SSSR count). The Morgan fingerprint density at radius 3 is 2.72 bits per heavy atom. The number of hydrogen-bond donors (Lipinski definition) is 3. The first-order valence-corrected chi connectivity index (χ1v) is 10.1. The van der Waals surface area contributed by atoms with Crippen LogP contribution in [0.1, 0.15) is 34.3 Å². The first-order valence-electron chi connectivity index (χ1n) is 8.98. The first-order chi connectivity index (χ1) is 13.8. The van der Waals surface area contributed by atoms with Crippen LogP contribution < -0.4 is 10.1 Å². The summed E-state index contributed by atoms with van der Waals surface area (Å²) in [5.41, 5.74) is 0.961. The number of cyclic esters (lactones) is 1. The topological polar surface area (TPSA) is 131 Å². The number of nitrogens with one attached hydrogen (secondary N) is 1. The third-order valence-electron chi connectivity index (χ3n) is 4.51. The van der Waals surface area contributed by atoms with E-state index in [1.54, 1.807) is 6.92 Å². The second kappa shape index (κ2) is 10.4. The molecule has 9 nitrogen and oxygen atoms in total. The van der Waals surface area contributed by atoms with Crippen LogP contribution in [0.4, 0.5) is 0 Å². The molecule has 10 heteroatoms. The predicted octanol–water partition coefficient (Wildman–Crippen LogP) is 0.912. The van der Waals surface area contributed by atoms with Gasteiger partial charge < -0.3 is 29.7 Å². The first kappa shape index (κ1) is 22.8. The SMILES string of the molecule is COC(=O)[C@@H]1CSCc2c(O)cc(OC)c(C)c2C(=O)OC[C@H](O)CCC(=O)N1. The summed E-state index contributed by atoms with van der Waals surface area (Å²) in [6.45, 7) is 1.36. The number of phenolic OH excluding ortho intramolecular Hbond substituents is 1. The zero-order chi connectivity index (χ0) is 21.6. The number of amides is 1. The zero-order valence-electron chi connectivity index (χ0n) is 16.5. The number of rotatable bonds is 2. The largest absolute Gasteiger partial charge is 0.507 e. The van der Waals surface area contributed by atoms with Gasteiger partial charge in [-0.05, 0) is 13.3 Å². The van der Waals surface area contributed by atoms with E-state index in [0.29, 0.717) is 16.9 Å². The van der Waals surface area contributed by atoms with Gasteiger partial charge in [0.2, 0.25) is 5.91 Å². The molecule has 29 heavy (non-hydrogen) atoms. The van der Waals surface area contributed by atoms with Gasteiger partial charge in [-0.3, -0.25) is 4.79 Å². The molecule has 2 atom stereocenters. The van der Waals surface area contributed by atoms with Crippen molar-refractivity contribution >= 4 is 29.6 Å². The van der Waals surface area contributed by atoms with Crippen LogP contribution in [-0.4, -0.2) is 66.8 Å². The van der Waals surface area contributed by atoms with Crippen LogP contribution >= 0.6 is 11.8 Å². The highest BCUT2D eigenvalue weighted by Gasteiger charge is 2.26. The molecule has 0 aromatic heterocycles. The van der Waals surface area contributed by atoms with Gasteiger partial charge in [-0.25, -0.2) is 9.59 Å². The van der Waals surface area contributed by atoms with Crippen LogP contribution in [0.3, 0.4) is 0 Å². The second-order valence-corrected chi connectivity index (χ2v) is 7.56. The molecule has 1 amide bonds. The molecule has 160 valence electrons. The van der Waals surface area contributed by atoms with E-state index in [1.807, 2.05) is 0 Å². The van der Waals surface area contributed by atoms with Gasteiger partial charge in [0.1, 0.15) is 24.1 Å². The monoisotopic (exact) mass is 427 g/mol. The highest BCUT2D eigenvalue weighted by molar-refractivity contribution is 7.98. The molecule has 0 unspecified atom stereocenters. The van der Waals surface area contributed by atoms with Crippen LogP contribution in [0.2, 0.25) is 0 Å². The molecule has 0 bridgehead atoms. The van der Waals surface area contributed by atoms with Crippen molar-refractivity contribution < 1.29 is 38.8 Å². The molecule has 1 aromatic rings. The average Bonchev–Trinajstić information content (AvgIpc) is 2.70. The lowest BCUT2D eigenvalue weighted by Crippen LogP contribution is -2.43. The third kappa shape index (κ3) is 5.77. The summed E-state index contributed by atoms with van der Waals surface area (Å²) in [6.07, 6.45) is -1.04. The number of benzene rings is 1. The smallest absolute Gasteiger partial charge is 0.339 e. The Morgan fingerprint density at radius 2 is 2.07 bits per heavy atom. The summed E-state index contributed by atoms with van der Waals surface area (Å²) in [6, 6.07) is 0.508. The summed E-state index contributed by atoms with van der Waals surface area (Å²) < 4.78 is 15.1. The number of carbonyl (C=O) groups excluding carboxylic acids is 3. The number of aliphatic hydroxyl groups excluding tert-OH is 1. The van der Waals surface area contributed by atoms with Gasteiger partial charge in [0, 0.05) is 35.1 Å². The van der Waals surface area contributed by atoms with Crippen molar-refractivity contribution in [3.63, 3.8) is 0 Å². The van der Waals surface area contributed by atoms with E-state index >= 15 is 0 Å². The molecule has 0 fully saturated rings. The molecule has 1 heterocycles. The maximum absolute atomic E-state index is 12.7. The molecule has 0 radical (unpaired) electrons. The van der Waals surface area contributed by atoms with E-state index in [1.165, 1.54) is 32.0 Å². The molecule has 0 saturated carbocycles. The molecule has 1 aromatic carbocycles. The minimum Gasteiger partial charge on any atom is -0.507 e. The molecular formula is C19H25NO8S. The van der Waals surface area contributed by atoms with Crippen molar-refractivity contribution in [2.24, 2.45) is 0 Å². The van der Waals surface area contributed by atoms with Crippen LogP contribution in [0.15, 0.2) is 6.07 Å². The number of thioether (sulfide) groups is 1. The number of ether oxygens (including phenoxy) is 3. The summed E-state index contributed by atoms with van der Waals surface area (Å²) in [5.74, 6) is -1.23. The number of phenols is 1. The van der Waals surface area contributed by atoms with Gasteiger partial charge in [-0.2, -0.15) is 11.8 Å². The van der Waals surface area contributed by atoms with E-state index in [2.05, 4.69) is 5.32 Å². The number of aliphatic hydroxyl groups is 1. The Kier molecular flexibility index (Phi) is 8.15. The Hall–Kier alpha value is -2.46. The highest BCUT2D eigenvalue weighted by Crippen LogP contribution is 2.35. The number of methoxy groups -OCH3 is 2. The van der Waals surface area contributed by atoms with Crippen LogP contribution in [-0.2, 0) is 24.8 Å². The molecular weight excluding hydrogens is 402 g/mol. The van der Waals surface area contributed by atoms with Crippen molar-refractivity contribution in [2.75, 3.05) is 26.6 Å². The van der Waals surface area contributed by atoms with E-state index < -0.39 is 30.0 Å². The highest BCUT2D eigenvalue weighted by atomic mass is 32.2. The normalized spacial score (nSPS) is 21.2. The van der Waals surface area contributed by atoms with Crippen molar-refractivity contribution in [3.05, 3.63) is 22.8 Å². The number of carbonyl (C=O) groups is 3. The molecule has 0 spiro atoms. The summed E-state index contributed by atoms with van der Waals surface area (Å²) in [5, 5.41) is 23.0. The number of fused-ring (bicyclic) bond motifs is 1. The standard InChI is InChI=1S/C19H25NO8S/c1-10-15(26-2)6-14(22)12-8-29-9-13(18(24)27-3)20-16(23)5-4-11(21)7-28-19(25)17(10)12/h6,11,13,21-22H,4-5,7-9H2,1-3H3,(H,20,23)/t11-,13+/m1/s1. The second-order valence-electron chi connectivity index (χ2n) is 6.53. The Labute approximate surface area is 172 Å². The minimum atomic E-state index is -1.05. The van der Waals surface area contributed by atoms with Gasteiger partial charge in [0.05, 0.1) is 25.9 Å². The van der Waals surface area contributed by atoms with Crippen LogP contribution in [0.5, 0.6) is 11.5 Å². The Morgan fingerprint density at radius 1 is 1.34 bits per heavy atom. The lowest BCUT2D eigenvalue weighted by Gasteiger charge is -2.20. The molecule has 3 N–H and O–H groups in total. The number of aromatic hydroxyl groups is 1. The molecule has 0 aliphatic carbocycles. The van der Waals surface area contributed by atoms with Crippen molar-refractivity contribution in [3.8, 4) is 11.5 Å². The van der Waals surface area contributed by atoms with Gasteiger partial charge in [-0.1, -0.05) is 0 Å². The summed E-state index contributed by atoms with van der Waals surface area (Å²) in [7, 11) is 2.64. The quantitative estimate of drug-likeness (QED) is 0.589.